The summed E-state index contributed by atoms with van der Waals surface area (Å²) in [4.78, 5) is 18.5. The second-order valence-electron chi connectivity index (χ2n) is 6.34. The van der Waals surface area contributed by atoms with E-state index in [0.717, 1.165) is 44.6 Å². The molecule has 0 spiro atoms. The summed E-state index contributed by atoms with van der Waals surface area (Å²) in [6, 6.07) is 0. The molecule has 0 aliphatic carbocycles. The number of aromatic nitrogens is 2. The van der Waals surface area contributed by atoms with Crippen molar-refractivity contribution in [2.45, 2.75) is 45.6 Å². The molecule has 0 bridgehead atoms. The van der Waals surface area contributed by atoms with Crippen LogP contribution in [0.4, 0.5) is 0 Å². The van der Waals surface area contributed by atoms with Gasteiger partial charge in [-0.05, 0) is 32.6 Å². The van der Waals surface area contributed by atoms with Crippen LogP contribution in [0.15, 0.2) is 25.0 Å². The zero-order chi connectivity index (χ0) is 16.0. The SMILES string of the molecule is C=CC[C@@]1(CO)CCCN(C(=O)CCCn2ccnc2C)C1. The third-order valence-corrected chi connectivity index (χ3v) is 4.64. The molecule has 1 aliphatic heterocycles. The van der Waals surface area contributed by atoms with Gasteiger partial charge >= 0.3 is 0 Å². The molecule has 1 amide bonds. The Balaban J connectivity index is 1.84. The van der Waals surface area contributed by atoms with Crippen molar-refractivity contribution in [3.8, 4) is 0 Å². The molecule has 0 radical (unpaired) electrons. The predicted octanol–water partition coefficient (Wildman–Crippen LogP) is 2.15. The Hall–Kier alpha value is -1.62. The first-order chi connectivity index (χ1) is 10.6. The van der Waals surface area contributed by atoms with Gasteiger partial charge in [-0.1, -0.05) is 6.08 Å². The smallest absolute Gasteiger partial charge is 0.222 e. The lowest BCUT2D eigenvalue weighted by Gasteiger charge is -2.41. The van der Waals surface area contributed by atoms with Gasteiger partial charge in [-0.2, -0.15) is 0 Å². The summed E-state index contributed by atoms with van der Waals surface area (Å²) >= 11 is 0. The van der Waals surface area contributed by atoms with Crippen molar-refractivity contribution in [2.75, 3.05) is 19.7 Å². The van der Waals surface area contributed by atoms with Crippen LogP contribution in [-0.4, -0.2) is 45.2 Å². The molecule has 1 N–H and O–H groups in total. The van der Waals surface area contributed by atoms with E-state index in [-0.39, 0.29) is 17.9 Å². The minimum atomic E-state index is -0.184. The molecule has 1 aliphatic rings. The standard InChI is InChI=1S/C17H27N3O2/c1-3-7-17(14-21)8-5-11-20(13-17)16(22)6-4-10-19-12-9-18-15(19)2/h3,9,12,21H,1,4-8,10-11,13-14H2,2H3/t17-/m1/s1. The number of piperidine rings is 1. The number of carbonyl (C=O) groups is 1. The number of hydrogen-bond acceptors (Lipinski definition) is 3. The van der Waals surface area contributed by atoms with Crippen LogP contribution in [0.1, 0.15) is 37.9 Å². The van der Waals surface area contributed by atoms with Gasteiger partial charge in [0.2, 0.25) is 5.91 Å². The Kier molecular flexibility index (Phi) is 5.77. The van der Waals surface area contributed by atoms with Gasteiger partial charge in [0.1, 0.15) is 5.82 Å². The lowest BCUT2D eigenvalue weighted by Crippen LogP contribution is -2.47. The monoisotopic (exact) mass is 305 g/mol. The summed E-state index contributed by atoms with van der Waals surface area (Å²) in [6.07, 6.45) is 9.64. The minimum Gasteiger partial charge on any atom is -0.396 e. The number of aliphatic hydroxyl groups is 1. The second kappa shape index (κ2) is 7.58. The van der Waals surface area contributed by atoms with Crippen LogP contribution in [0.3, 0.4) is 0 Å². The molecule has 1 saturated heterocycles. The first kappa shape index (κ1) is 16.7. The van der Waals surface area contributed by atoms with Crippen molar-refractivity contribution in [3.05, 3.63) is 30.9 Å². The highest BCUT2D eigenvalue weighted by atomic mass is 16.3. The molecule has 5 nitrogen and oxygen atoms in total. The fourth-order valence-corrected chi connectivity index (χ4v) is 3.29. The van der Waals surface area contributed by atoms with Gasteiger partial charge in [0.25, 0.3) is 0 Å². The van der Waals surface area contributed by atoms with Crippen molar-refractivity contribution in [3.63, 3.8) is 0 Å². The maximum atomic E-state index is 12.4. The molecule has 5 heteroatoms. The summed E-state index contributed by atoms with van der Waals surface area (Å²) < 4.78 is 2.07. The molecule has 1 aromatic heterocycles. The Morgan fingerprint density at radius 3 is 3.05 bits per heavy atom. The number of nitrogens with zero attached hydrogens (tertiary/aromatic N) is 3. The van der Waals surface area contributed by atoms with Gasteiger partial charge < -0.3 is 14.6 Å². The summed E-state index contributed by atoms with van der Waals surface area (Å²) in [5, 5.41) is 9.71. The van der Waals surface area contributed by atoms with E-state index < -0.39 is 0 Å². The Morgan fingerprint density at radius 1 is 1.59 bits per heavy atom. The maximum Gasteiger partial charge on any atom is 0.222 e. The van der Waals surface area contributed by atoms with Crippen molar-refractivity contribution in [1.82, 2.24) is 14.5 Å². The zero-order valence-corrected chi connectivity index (χ0v) is 13.5. The Labute approximate surface area is 132 Å². The minimum absolute atomic E-state index is 0.122. The number of imidazole rings is 1. The summed E-state index contributed by atoms with van der Waals surface area (Å²) in [5.41, 5.74) is -0.184. The summed E-state index contributed by atoms with van der Waals surface area (Å²) in [7, 11) is 0. The molecule has 122 valence electrons. The Morgan fingerprint density at radius 2 is 2.41 bits per heavy atom. The maximum absolute atomic E-state index is 12.4. The molecule has 2 rings (SSSR count). The van der Waals surface area contributed by atoms with E-state index >= 15 is 0 Å². The van der Waals surface area contributed by atoms with E-state index in [1.807, 2.05) is 24.1 Å². The molecule has 1 atom stereocenters. The van der Waals surface area contributed by atoms with Crippen LogP contribution >= 0.6 is 0 Å². The third kappa shape index (κ3) is 3.97. The molecule has 1 aromatic rings. The molecule has 2 heterocycles. The number of carbonyl (C=O) groups excluding carboxylic acids is 1. The van der Waals surface area contributed by atoms with Crippen LogP contribution in [0.5, 0.6) is 0 Å². The van der Waals surface area contributed by atoms with Crippen LogP contribution in [0.25, 0.3) is 0 Å². The highest BCUT2D eigenvalue weighted by Gasteiger charge is 2.35. The highest BCUT2D eigenvalue weighted by molar-refractivity contribution is 5.76. The first-order valence-corrected chi connectivity index (χ1v) is 8.07. The number of aryl methyl sites for hydroxylation is 2. The van der Waals surface area contributed by atoms with Gasteiger partial charge in [0.15, 0.2) is 0 Å². The van der Waals surface area contributed by atoms with Crippen molar-refractivity contribution >= 4 is 5.91 Å². The molecule has 0 aromatic carbocycles. The molecule has 22 heavy (non-hydrogen) atoms. The van der Waals surface area contributed by atoms with E-state index in [1.54, 1.807) is 6.20 Å². The first-order valence-electron chi connectivity index (χ1n) is 8.07. The number of allylic oxidation sites excluding steroid dienone is 1. The number of rotatable bonds is 7. The fourth-order valence-electron chi connectivity index (χ4n) is 3.29. The van der Waals surface area contributed by atoms with Gasteiger partial charge in [0, 0.05) is 43.9 Å². The van der Waals surface area contributed by atoms with Crippen LogP contribution < -0.4 is 0 Å². The third-order valence-electron chi connectivity index (χ3n) is 4.64. The predicted molar refractivity (Wildman–Crippen MR) is 86.3 cm³/mol. The lowest BCUT2D eigenvalue weighted by molar-refractivity contribution is -0.135. The Bertz CT molecular complexity index is 512. The topological polar surface area (TPSA) is 58.4 Å². The zero-order valence-electron chi connectivity index (χ0n) is 13.5. The molecule has 0 unspecified atom stereocenters. The van der Waals surface area contributed by atoms with E-state index in [4.69, 9.17) is 0 Å². The largest absolute Gasteiger partial charge is 0.396 e. The average molecular weight is 305 g/mol. The highest BCUT2D eigenvalue weighted by Crippen LogP contribution is 2.33. The average Bonchev–Trinajstić information content (AvgIpc) is 2.93. The fraction of sp³-hybridized carbons (Fsp3) is 0.647. The van der Waals surface area contributed by atoms with Crippen LogP contribution in [0.2, 0.25) is 0 Å². The van der Waals surface area contributed by atoms with Gasteiger partial charge in [-0.3, -0.25) is 4.79 Å². The van der Waals surface area contributed by atoms with Crippen LogP contribution in [0, 0.1) is 12.3 Å². The molecular formula is C17H27N3O2. The lowest BCUT2D eigenvalue weighted by atomic mass is 9.77. The van der Waals surface area contributed by atoms with Crippen molar-refractivity contribution in [1.29, 1.82) is 0 Å². The van der Waals surface area contributed by atoms with Crippen molar-refractivity contribution < 1.29 is 9.90 Å². The number of likely N-dealkylation sites (tertiary alicyclic amines) is 1. The summed E-state index contributed by atoms with van der Waals surface area (Å²) in [6.45, 7) is 8.15. The van der Waals surface area contributed by atoms with Gasteiger partial charge in [0.05, 0.1) is 6.61 Å². The van der Waals surface area contributed by atoms with E-state index in [0.29, 0.717) is 13.0 Å². The van der Waals surface area contributed by atoms with Crippen LogP contribution in [-0.2, 0) is 11.3 Å². The molecule has 0 saturated carbocycles. The molecule has 1 fully saturated rings. The van der Waals surface area contributed by atoms with E-state index in [1.165, 1.54) is 0 Å². The quantitative estimate of drug-likeness (QED) is 0.785. The second-order valence-corrected chi connectivity index (χ2v) is 6.34. The number of aliphatic hydroxyl groups excluding tert-OH is 1. The van der Waals surface area contributed by atoms with Crippen molar-refractivity contribution in [2.24, 2.45) is 5.41 Å². The van der Waals surface area contributed by atoms with E-state index in [9.17, 15) is 9.90 Å². The number of hydrogen-bond donors (Lipinski definition) is 1. The van der Waals surface area contributed by atoms with Gasteiger partial charge in [-0.15, -0.1) is 6.58 Å². The number of amides is 1. The van der Waals surface area contributed by atoms with E-state index in [2.05, 4.69) is 16.1 Å². The normalized spacial score (nSPS) is 21.8. The summed E-state index contributed by atoms with van der Waals surface area (Å²) in [5.74, 6) is 1.18. The molecular weight excluding hydrogens is 278 g/mol. The van der Waals surface area contributed by atoms with Gasteiger partial charge in [-0.25, -0.2) is 4.98 Å².